The molecule has 0 radical (unpaired) electrons. The molecule has 0 aromatic carbocycles. The smallest absolute Gasteiger partial charge is 0.321 e. The SMILES string of the molecule is CC(Cl)C(=O)NC(=O)N1CC(C)N(C)C(C)C1. The van der Waals surface area contributed by atoms with Crippen LogP contribution in [0.5, 0.6) is 0 Å². The normalized spacial score (nSPS) is 27.7. The molecule has 3 amide bonds. The Labute approximate surface area is 107 Å². The Morgan fingerprint density at radius 1 is 1.29 bits per heavy atom. The summed E-state index contributed by atoms with van der Waals surface area (Å²) in [6.45, 7) is 6.90. The molecule has 3 unspecified atom stereocenters. The highest BCUT2D eigenvalue weighted by atomic mass is 35.5. The molecule has 1 heterocycles. The zero-order valence-electron chi connectivity index (χ0n) is 10.7. The molecule has 5 nitrogen and oxygen atoms in total. The lowest BCUT2D eigenvalue weighted by Crippen LogP contribution is -2.59. The third-order valence-electron chi connectivity index (χ3n) is 3.24. The van der Waals surface area contributed by atoms with Crippen molar-refractivity contribution in [3.05, 3.63) is 0 Å². The number of likely N-dealkylation sites (N-methyl/N-ethyl adjacent to an activating group) is 1. The van der Waals surface area contributed by atoms with Crippen molar-refractivity contribution in [2.75, 3.05) is 20.1 Å². The third-order valence-corrected chi connectivity index (χ3v) is 3.44. The van der Waals surface area contributed by atoms with E-state index in [9.17, 15) is 9.59 Å². The lowest BCUT2D eigenvalue weighted by atomic mass is 10.1. The minimum absolute atomic E-state index is 0.285. The zero-order chi connectivity index (χ0) is 13.2. The summed E-state index contributed by atoms with van der Waals surface area (Å²) in [7, 11) is 2.04. The summed E-state index contributed by atoms with van der Waals surface area (Å²) in [5, 5.41) is 1.61. The second kappa shape index (κ2) is 5.69. The number of rotatable bonds is 1. The van der Waals surface area contributed by atoms with Crippen LogP contribution in [0.15, 0.2) is 0 Å². The van der Waals surface area contributed by atoms with Crippen LogP contribution in [0.2, 0.25) is 0 Å². The maximum Gasteiger partial charge on any atom is 0.324 e. The van der Waals surface area contributed by atoms with Crippen LogP contribution in [0, 0.1) is 0 Å². The fourth-order valence-corrected chi connectivity index (χ4v) is 1.91. The van der Waals surface area contributed by atoms with Crippen molar-refractivity contribution in [1.82, 2.24) is 15.1 Å². The van der Waals surface area contributed by atoms with E-state index in [-0.39, 0.29) is 18.1 Å². The molecular formula is C11H20ClN3O2. The van der Waals surface area contributed by atoms with E-state index in [1.165, 1.54) is 0 Å². The highest BCUT2D eigenvalue weighted by Crippen LogP contribution is 2.13. The van der Waals surface area contributed by atoms with Gasteiger partial charge < -0.3 is 4.90 Å². The Kier molecular flexibility index (Phi) is 4.77. The van der Waals surface area contributed by atoms with Crippen molar-refractivity contribution in [3.8, 4) is 0 Å². The van der Waals surface area contributed by atoms with Crippen LogP contribution >= 0.6 is 11.6 Å². The maximum absolute atomic E-state index is 11.8. The Hall–Kier alpha value is -0.810. The summed E-state index contributed by atoms with van der Waals surface area (Å²) in [5.41, 5.74) is 0. The van der Waals surface area contributed by atoms with E-state index in [1.54, 1.807) is 11.8 Å². The number of urea groups is 1. The average Bonchev–Trinajstić information content (AvgIpc) is 2.24. The number of imide groups is 1. The molecule has 17 heavy (non-hydrogen) atoms. The largest absolute Gasteiger partial charge is 0.324 e. The summed E-state index contributed by atoms with van der Waals surface area (Å²) >= 11 is 5.60. The quantitative estimate of drug-likeness (QED) is 0.713. The number of alkyl halides is 1. The van der Waals surface area contributed by atoms with Crippen LogP contribution in [0.1, 0.15) is 20.8 Å². The number of amides is 3. The van der Waals surface area contributed by atoms with Crippen molar-refractivity contribution >= 4 is 23.5 Å². The lowest BCUT2D eigenvalue weighted by Gasteiger charge is -2.42. The van der Waals surface area contributed by atoms with Gasteiger partial charge in [-0.3, -0.25) is 15.0 Å². The lowest BCUT2D eigenvalue weighted by molar-refractivity contribution is -0.119. The Bertz CT molecular complexity index is 297. The molecule has 3 atom stereocenters. The molecule has 0 spiro atoms. The van der Waals surface area contributed by atoms with Crippen LogP contribution in [0.4, 0.5) is 4.79 Å². The van der Waals surface area contributed by atoms with Gasteiger partial charge in [-0.15, -0.1) is 11.6 Å². The highest BCUT2D eigenvalue weighted by molar-refractivity contribution is 6.31. The molecular weight excluding hydrogens is 242 g/mol. The van der Waals surface area contributed by atoms with Gasteiger partial charge in [0.2, 0.25) is 5.91 Å². The minimum Gasteiger partial charge on any atom is -0.321 e. The maximum atomic E-state index is 11.8. The van der Waals surface area contributed by atoms with Crippen molar-refractivity contribution in [1.29, 1.82) is 0 Å². The average molecular weight is 262 g/mol. The molecule has 1 fully saturated rings. The van der Waals surface area contributed by atoms with Gasteiger partial charge in [-0.2, -0.15) is 0 Å². The first-order valence-electron chi connectivity index (χ1n) is 5.78. The summed E-state index contributed by atoms with van der Waals surface area (Å²) in [4.78, 5) is 27.0. The Morgan fingerprint density at radius 3 is 2.18 bits per heavy atom. The van der Waals surface area contributed by atoms with Crippen LogP contribution in [0.3, 0.4) is 0 Å². The zero-order valence-corrected chi connectivity index (χ0v) is 11.5. The monoisotopic (exact) mass is 261 g/mol. The number of carbonyl (C=O) groups excluding carboxylic acids is 2. The molecule has 6 heteroatoms. The van der Waals surface area contributed by atoms with Crippen LogP contribution < -0.4 is 5.32 Å². The van der Waals surface area contributed by atoms with E-state index < -0.39 is 11.3 Å². The van der Waals surface area contributed by atoms with Crippen LogP contribution in [-0.2, 0) is 4.79 Å². The first-order chi connectivity index (χ1) is 7.82. The third kappa shape index (κ3) is 3.57. The van der Waals surface area contributed by atoms with Crippen molar-refractivity contribution < 1.29 is 9.59 Å². The fraction of sp³-hybridized carbons (Fsp3) is 0.818. The molecule has 1 aliphatic rings. The number of carbonyl (C=O) groups is 2. The fourth-order valence-electron chi connectivity index (χ4n) is 1.85. The highest BCUT2D eigenvalue weighted by Gasteiger charge is 2.30. The van der Waals surface area contributed by atoms with E-state index in [4.69, 9.17) is 11.6 Å². The molecule has 1 aliphatic heterocycles. The van der Waals surface area contributed by atoms with Gasteiger partial charge in [-0.05, 0) is 27.8 Å². The van der Waals surface area contributed by atoms with Gasteiger partial charge in [0.1, 0.15) is 5.38 Å². The number of nitrogens with one attached hydrogen (secondary N) is 1. The molecule has 98 valence electrons. The van der Waals surface area contributed by atoms with Crippen LogP contribution in [-0.4, -0.2) is 59.3 Å². The number of hydrogen-bond acceptors (Lipinski definition) is 3. The Balaban J connectivity index is 2.56. The molecule has 0 aromatic heterocycles. The first kappa shape index (κ1) is 14.3. The number of nitrogens with zero attached hydrogens (tertiary/aromatic N) is 2. The second-order valence-electron chi connectivity index (χ2n) is 4.68. The second-order valence-corrected chi connectivity index (χ2v) is 5.33. The topological polar surface area (TPSA) is 52.7 Å². The van der Waals surface area contributed by atoms with Crippen LogP contribution in [0.25, 0.3) is 0 Å². The van der Waals surface area contributed by atoms with E-state index in [0.29, 0.717) is 13.1 Å². The van der Waals surface area contributed by atoms with Crippen molar-refractivity contribution in [2.45, 2.75) is 38.2 Å². The number of hydrogen-bond donors (Lipinski definition) is 1. The molecule has 1 rings (SSSR count). The number of halogens is 1. The van der Waals surface area contributed by atoms with Gasteiger partial charge in [0.05, 0.1) is 0 Å². The summed E-state index contributed by atoms with van der Waals surface area (Å²) in [6, 6.07) is 0.218. The van der Waals surface area contributed by atoms with Gasteiger partial charge >= 0.3 is 6.03 Å². The van der Waals surface area contributed by atoms with Gasteiger partial charge in [0, 0.05) is 25.2 Å². The van der Waals surface area contributed by atoms with Crippen molar-refractivity contribution in [2.24, 2.45) is 0 Å². The molecule has 0 saturated carbocycles. The molecule has 1 N–H and O–H groups in total. The summed E-state index contributed by atoms with van der Waals surface area (Å²) in [5.74, 6) is -0.448. The van der Waals surface area contributed by atoms with Gasteiger partial charge in [-0.1, -0.05) is 0 Å². The van der Waals surface area contributed by atoms with E-state index >= 15 is 0 Å². The molecule has 1 saturated heterocycles. The standard InChI is InChI=1S/C11H20ClN3O2/c1-7-5-15(6-8(2)14(7)4)11(17)13-10(16)9(3)12/h7-9H,5-6H2,1-4H3,(H,13,16,17). The first-order valence-corrected chi connectivity index (χ1v) is 6.22. The summed E-state index contributed by atoms with van der Waals surface area (Å²) < 4.78 is 0. The van der Waals surface area contributed by atoms with Crippen molar-refractivity contribution in [3.63, 3.8) is 0 Å². The molecule has 0 aliphatic carbocycles. The minimum atomic E-state index is -0.693. The Morgan fingerprint density at radius 2 is 1.76 bits per heavy atom. The van der Waals surface area contributed by atoms with Gasteiger partial charge in [0.15, 0.2) is 0 Å². The molecule has 0 aromatic rings. The predicted octanol–water partition coefficient (Wildman–Crippen LogP) is 0.874. The van der Waals surface area contributed by atoms with E-state index in [1.807, 2.05) is 7.05 Å². The van der Waals surface area contributed by atoms with E-state index in [2.05, 4.69) is 24.1 Å². The summed E-state index contributed by atoms with van der Waals surface area (Å²) in [6.07, 6.45) is 0. The van der Waals surface area contributed by atoms with E-state index in [0.717, 1.165) is 0 Å². The predicted molar refractivity (Wildman–Crippen MR) is 67.1 cm³/mol. The van der Waals surface area contributed by atoms with Gasteiger partial charge in [-0.25, -0.2) is 4.79 Å². The van der Waals surface area contributed by atoms with Gasteiger partial charge in [0.25, 0.3) is 0 Å². The number of piperazine rings is 1. The molecule has 0 bridgehead atoms.